The van der Waals surface area contributed by atoms with E-state index in [2.05, 4.69) is 26.2 Å². The van der Waals surface area contributed by atoms with Gasteiger partial charge < -0.3 is 11.1 Å². The lowest BCUT2D eigenvalue weighted by Gasteiger charge is -2.07. The lowest BCUT2D eigenvalue weighted by Crippen LogP contribution is -2.30. The van der Waals surface area contributed by atoms with Crippen molar-refractivity contribution >= 4 is 33.2 Å². The highest BCUT2D eigenvalue weighted by Crippen LogP contribution is 2.10. The Kier molecular flexibility index (Phi) is 4.59. The quantitative estimate of drug-likeness (QED) is 0.710. The standard InChI is InChI=1S/C13H13BrN4O3/c14-10-7-18(13(21)17-12(10)20)6-5-11(19)16-9-3-1-8(15)2-4-9/h1-4,7H,5-6,15H2,(H,16,19)(H,17,20,21). The number of carbonyl (C=O) groups excluding carboxylic acids is 1. The van der Waals surface area contributed by atoms with Gasteiger partial charge in [-0.05, 0) is 40.2 Å². The molecule has 2 aromatic rings. The maximum absolute atomic E-state index is 11.8. The molecule has 0 saturated carbocycles. The highest BCUT2D eigenvalue weighted by molar-refractivity contribution is 9.10. The summed E-state index contributed by atoms with van der Waals surface area (Å²) in [6.07, 6.45) is 1.46. The maximum atomic E-state index is 11.8. The molecule has 0 unspecified atom stereocenters. The molecule has 0 aliphatic rings. The topological polar surface area (TPSA) is 110 Å². The Morgan fingerprint density at radius 3 is 2.62 bits per heavy atom. The molecule has 0 saturated heterocycles. The molecule has 1 heterocycles. The van der Waals surface area contributed by atoms with Gasteiger partial charge in [0.05, 0.1) is 4.47 Å². The Bertz CT molecular complexity index is 764. The van der Waals surface area contributed by atoms with Gasteiger partial charge in [-0.3, -0.25) is 19.1 Å². The van der Waals surface area contributed by atoms with Crippen molar-refractivity contribution in [1.29, 1.82) is 0 Å². The number of halogens is 1. The van der Waals surface area contributed by atoms with Gasteiger partial charge in [-0.1, -0.05) is 0 Å². The van der Waals surface area contributed by atoms with E-state index in [1.807, 2.05) is 0 Å². The van der Waals surface area contributed by atoms with Crippen molar-refractivity contribution in [2.45, 2.75) is 13.0 Å². The summed E-state index contributed by atoms with van der Waals surface area (Å²) in [6, 6.07) is 6.74. The van der Waals surface area contributed by atoms with Gasteiger partial charge in [-0.2, -0.15) is 0 Å². The van der Waals surface area contributed by atoms with Crippen LogP contribution in [0.2, 0.25) is 0 Å². The van der Waals surface area contributed by atoms with E-state index in [-0.39, 0.29) is 23.3 Å². The number of nitrogens with one attached hydrogen (secondary N) is 2. The third-order valence-electron chi connectivity index (χ3n) is 2.74. The number of hydrogen-bond donors (Lipinski definition) is 3. The molecule has 1 amide bonds. The molecule has 0 bridgehead atoms. The number of rotatable bonds is 4. The summed E-state index contributed by atoms with van der Waals surface area (Å²) in [5.74, 6) is -0.242. The minimum atomic E-state index is -0.552. The zero-order valence-corrected chi connectivity index (χ0v) is 12.5. The lowest BCUT2D eigenvalue weighted by molar-refractivity contribution is -0.116. The Balaban J connectivity index is 1.98. The van der Waals surface area contributed by atoms with Crippen LogP contribution in [0, 0.1) is 0 Å². The predicted molar refractivity (Wildman–Crippen MR) is 83.1 cm³/mol. The first-order chi connectivity index (χ1) is 9.95. The molecule has 4 N–H and O–H groups in total. The van der Waals surface area contributed by atoms with E-state index in [9.17, 15) is 14.4 Å². The zero-order chi connectivity index (χ0) is 15.4. The average molecular weight is 353 g/mol. The Morgan fingerprint density at radius 1 is 1.29 bits per heavy atom. The van der Waals surface area contributed by atoms with E-state index >= 15 is 0 Å². The second-order valence-electron chi connectivity index (χ2n) is 4.35. The Hall–Kier alpha value is -2.35. The molecular weight excluding hydrogens is 340 g/mol. The van der Waals surface area contributed by atoms with Crippen molar-refractivity contribution in [3.8, 4) is 0 Å². The van der Waals surface area contributed by atoms with Gasteiger partial charge in [0, 0.05) is 30.5 Å². The number of nitrogen functional groups attached to an aromatic ring is 1. The summed E-state index contributed by atoms with van der Waals surface area (Å²) in [7, 11) is 0. The molecular formula is C13H13BrN4O3. The number of hydrogen-bond acceptors (Lipinski definition) is 4. The summed E-state index contributed by atoms with van der Waals surface area (Å²) in [5, 5.41) is 2.69. The molecule has 1 aromatic carbocycles. The fraction of sp³-hybridized carbons (Fsp3) is 0.154. The van der Waals surface area contributed by atoms with E-state index < -0.39 is 11.2 Å². The van der Waals surface area contributed by atoms with Gasteiger partial charge in [0.2, 0.25) is 5.91 Å². The predicted octanol–water partition coefficient (Wildman–Crippen LogP) is 0.910. The highest BCUT2D eigenvalue weighted by atomic mass is 79.9. The molecule has 0 spiro atoms. The van der Waals surface area contributed by atoms with Gasteiger partial charge in [0.25, 0.3) is 5.56 Å². The number of anilines is 2. The zero-order valence-electron chi connectivity index (χ0n) is 10.9. The molecule has 1 aromatic heterocycles. The molecule has 0 aliphatic carbocycles. The number of aromatic amines is 1. The van der Waals surface area contributed by atoms with Crippen molar-refractivity contribution in [2.75, 3.05) is 11.1 Å². The van der Waals surface area contributed by atoms with E-state index in [1.54, 1.807) is 24.3 Å². The largest absolute Gasteiger partial charge is 0.399 e. The second-order valence-corrected chi connectivity index (χ2v) is 5.20. The molecule has 0 radical (unpaired) electrons. The van der Waals surface area contributed by atoms with Crippen molar-refractivity contribution in [2.24, 2.45) is 0 Å². The van der Waals surface area contributed by atoms with Crippen LogP contribution in [-0.2, 0) is 11.3 Å². The molecule has 0 aliphatic heterocycles. The smallest absolute Gasteiger partial charge is 0.328 e. The average Bonchev–Trinajstić information content (AvgIpc) is 2.44. The van der Waals surface area contributed by atoms with E-state index in [0.717, 1.165) is 0 Å². The van der Waals surface area contributed by atoms with Crippen molar-refractivity contribution in [3.63, 3.8) is 0 Å². The molecule has 110 valence electrons. The summed E-state index contributed by atoms with van der Waals surface area (Å²) in [6.45, 7) is 0.162. The number of carbonyl (C=O) groups is 1. The van der Waals surface area contributed by atoms with Gasteiger partial charge in [-0.25, -0.2) is 4.79 Å². The Morgan fingerprint density at radius 2 is 1.95 bits per heavy atom. The summed E-state index contributed by atoms with van der Waals surface area (Å²) in [5.41, 5.74) is 5.74. The number of amides is 1. The number of nitrogens with zero attached hydrogens (tertiary/aromatic N) is 1. The van der Waals surface area contributed by atoms with Crippen LogP contribution in [0.15, 0.2) is 44.5 Å². The van der Waals surface area contributed by atoms with Crippen LogP contribution >= 0.6 is 15.9 Å². The third-order valence-corrected chi connectivity index (χ3v) is 3.31. The van der Waals surface area contributed by atoms with Crippen LogP contribution in [-0.4, -0.2) is 15.5 Å². The van der Waals surface area contributed by atoms with Crippen molar-refractivity contribution < 1.29 is 4.79 Å². The first-order valence-electron chi connectivity index (χ1n) is 6.10. The summed E-state index contributed by atoms with van der Waals surface area (Å²) in [4.78, 5) is 36.7. The minimum Gasteiger partial charge on any atom is -0.399 e. The molecule has 8 heteroatoms. The number of aryl methyl sites for hydroxylation is 1. The van der Waals surface area contributed by atoms with Crippen molar-refractivity contribution in [3.05, 3.63) is 55.8 Å². The minimum absolute atomic E-state index is 0.1000. The molecule has 7 nitrogen and oxygen atoms in total. The number of H-pyrrole nitrogens is 1. The molecule has 0 atom stereocenters. The summed E-state index contributed by atoms with van der Waals surface area (Å²) >= 11 is 3.03. The maximum Gasteiger partial charge on any atom is 0.328 e. The normalized spacial score (nSPS) is 10.3. The molecule has 0 fully saturated rings. The Labute approximate surface area is 127 Å². The van der Waals surface area contributed by atoms with Crippen LogP contribution < -0.4 is 22.3 Å². The number of aromatic nitrogens is 2. The molecule has 2 rings (SSSR count). The lowest BCUT2D eigenvalue weighted by atomic mass is 10.3. The van der Waals surface area contributed by atoms with Gasteiger partial charge >= 0.3 is 5.69 Å². The van der Waals surface area contributed by atoms with Crippen LogP contribution in [0.4, 0.5) is 11.4 Å². The highest BCUT2D eigenvalue weighted by Gasteiger charge is 2.06. The number of benzene rings is 1. The van der Waals surface area contributed by atoms with E-state index in [1.165, 1.54) is 10.8 Å². The summed E-state index contributed by atoms with van der Waals surface area (Å²) < 4.78 is 1.50. The van der Waals surface area contributed by atoms with E-state index in [0.29, 0.717) is 11.4 Å². The van der Waals surface area contributed by atoms with Gasteiger partial charge in [-0.15, -0.1) is 0 Å². The number of nitrogens with two attached hydrogens (primary N) is 1. The fourth-order valence-corrected chi connectivity index (χ4v) is 2.01. The third kappa shape index (κ3) is 4.06. The van der Waals surface area contributed by atoms with Crippen molar-refractivity contribution in [1.82, 2.24) is 9.55 Å². The van der Waals surface area contributed by atoms with Crippen LogP contribution in [0.3, 0.4) is 0 Å². The fourth-order valence-electron chi connectivity index (χ4n) is 1.66. The van der Waals surface area contributed by atoms with Crippen LogP contribution in [0.1, 0.15) is 6.42 Å². The first-order valence-corrected chi connectivity index (χ1v) is 6.89. The SMILES string of the molecule is Nc1ccc(NC(=O)CCn2cc(Br)c(=O)[nH]c2=O)cc1. The van der Waals surface area contributed by atoms with Gasteiger partial charge in [0.1, 0.15) is 0 Å². The van der Waals surface area contributed by atoms with Crippen LogP contribution in [0.25, 0.3) is 0 Å². The van der Waals surface area contributed by atoms with Gasteiger partial charge in [0.15, 0.2) is 0 Å². The second kappa shape index (κ2) is 6.40. The van der Waals surface area contributed by atoms with E-state index in [4.69, 9.17) is 5.73 Å². The monoisotopic (exact) mass is 352 g/mol. The van der Waals surface area contributed by atoms with Crippen LogP contribution in [0.5, 0.6) is 0 Å². The molecule has 21 heavy (non-hydrogen) atoms. The first kappa shape index (κ1) is 15.0.